The van der Waals surface area contributed by atoms with Crippen LogP contribution >= 0.6 is 23.2 Å². The highest BCUT2D eigenvalue weighted by molar-refractivity contribution is 6.58. The van der Waals surface area contributed by atoms with E-state index in [1.165, 1.54) is 48.5 Å². The SMILES string of the molecule is N[C@@H](Cc1ccccc1)C(=O)C(Cl)(C(=O)C(Cl)(C(=O)[C@@H](N)Cc1ccccc1)c1cc(C(=O)O)cc2c1C(=O)OC21c2ccc(O)cc2Oc2cc(O)ccc21)c1cc(C(=O)O)cc2c1C(=O)OC21c2ccc(O)cc2Oc2cc(O)ccc21. The molecule has 10 N–H and O–H groups in total. The molecule has 4 aliphatic heterocycles. The van der Waals surface area contributed by atoms with Gasteiger partial charge in [0, 0.05) is 68.8 Å². The number of ketones is 3. The second-order valence-electron chi connectivity index (χ2n) is 20.5. The molecule has 84 heavy (non-hydrogen) atoms. The van der Waals surface area contributed by atoms with Crippen molar-refractivity contribution in [1.29, 1.82) is 0 Å². The Balaban J connectivity index is 1.18. The molecule has 0 saturated carbocycles. The van der Waals surface area contributed by atoms with Gasteiger partial charge in [0.25, 0.3) is 0 Å². The van der Waals surface area contributed by atoms with Crippen molar-refractivity contribution in [3.63, 3.8) is 0 Å². The molecule has 4 heterocycles. The quantitative estimate of drug-likeness (QED) is 0.0287. The third kappa shape index (κ3) is 8.06. The van der Waals surface area contributed by atoms with Gasteiger partial charge in [0.2, 0.25) is 0 Å². The van der Waals surface area contributed by atoms with Gasteiger partial charge in [-0.25, -0.2) is 19.2 Å². The van der Waals surface area contributed by atoms with Crippen LogP contribution in [-0.2, 0) is 57.6 Å². The summed E-state index contributed by atoms with van der Waals surface area (Å²) in [4.78, 5) is 100. The van der Waals surface area contributed by atoms with Crippen molar-refractivity contribution in [2.75, 3.05) is 0 Å². The first-order valence-corrected chi connectivity index (χ1v) is 26.4. The molecule has 12 rings (SSSR count). The number of nitrogens with two attached hydrogens (primary N) is 2. The molecule has 0 aliphatic carbocycles. The summed E-state index contributed by atoms with van der Waals surface area (Å²) < 4.78 is 25.0. The number of phenolic OH excluding ortho intramolecular Hbond substituents is 4. The molecule has 8 aromatic rings. The van der Waals surface area contributed by atoms with E-state index in [1.54, 1.807) is 60.7 Å². The molecule has 0 bridgehead atoms. The molecule has 0 radical (unpaired) electrons. The summed E-state index contributed by atoms with van der Waals surface area (Å²) in [6.07, 6.45) is -0.827. The van der Waals surface area contributed by atoms with Gasteiger partial charge in [-0.15, -0.1) is 0 Å². The Bertz CT molecular complexity index is 3880. The number of ether oxygens (including phenoxy) is 4. The van der Waals surface area contributed by atoms with Gasteiger partial charge in [-0.1, -0.05) is 83.9 Å². The van der Waals surface area contributed by atoms with Crippen molar-refractivity contribution >= 4 is 64.4 Å². The molecule has 420 valence electrons. The fourth-order valence-corrected chi connectivity index (χ4v) is 12.7. The second-order valence-corrected chi connectivity index (χ2v) is 21.7. The Morgan fingerprint density at radius 1 is 0.452 bits per heavy atom. The fourth-order valence-electron chi connectivity index (χ4n) is 11.8. The van der Waals surface area contributed by atoms with Crippen LogP contribution in [0.1, 0.15) is 97.1 Å². The van der Waals surface area contributed by atoms with Crippen LogP contribution in [0.5, 0.6) is 46.0 Å². The number of carboxylic acid groups (broad SMARTS) is 2. The predicted molar refractivity (Wildman–Crippen MR) is 296 cm³/mol. The summed E-state index contributed by atoms with van der Waals surface area (Å²) in [5, 5.41) is 64.9. The highest BCUT2D eigenvalue weighted by Crippen LogP contribution is 2.62. The maximum atomic E-state index is 17.2. The topological polar surface area (TPSA) is 330 Å². The van der Waals surface area contributed by atoms with Crippen LogP contribution < -0.4 is 20.9 Å². The molecule has 0 fully saturated rings. The number of aromatic carboxylic acids is 2. The lowest BCUT2D eigenvalue weighted by atomic mass is 9.69. The van der Waals surface area contributed by atoms with Gasteiger partial charge in [0.1, 0.15) is 46.0 Å². The first kappa shape index (κ1) is 54.5. The number of esters is 2. The van der Waals surface area contributed by atoms with Gasteiger partial charge in [0.05, 0.1) is 34.3 Å². The monoisotopic (exact) mass is 1170 g/mol. The van der Waals surface area contributed by atoms with E-state index in [9.17, 15) is 40.2 Å². The van der Waals surface area contributed by atoms with Gasteiger partial charge < -0.3 is 61.1 Å². The Hall–Kier alpha value is -10.1. The summed E-state index contributed by atoms with van der Waals surface area (Å²) in [5.74, 6) is -13.2. The third-order valence-electron chi connectivity index (χ3n) is 15.6. The van der Waals surface area contributed by atoms with Crippen molar-refractivity contribution in [2.24, 2.45) is 11.5 Å². The Morgan fingerprint density at radius 3 is 1.06 bits per heavy atom. The third-order valence-corrected chi connectivity index (χ3v) is 16.7. The smallest absolute Gasteiger partial charge is 0.340 e. The molecule has 0 saturated heterocycles. The van der Waals surface area contributed by atoms with Crippen LogP contribution in [0.4, 0.5) is 0 Å². The molecule has 4 aliphatic rings. The lowest BCUT2D eigenvalue weighted by molar-refractivity contribution is -0.137. The molecule has 2 unspecified atom stereocenters. The largest absolute Gasteiger partial charge is 0.508 e. The van der Waals surface area contributed by atoms with E-state index in [1.807, 2.05) is 0 Å². The lowest BCUT2D eigenvalue weighted by Gasteiger charge is -2.38. The number of Topliss-reactive ketones (excluding diaryl/α,β-unsaturated/α-hetero) is 3. The van der Waals surface area contributed by atoms with Gasteiger partial charge in [-0.3, -0.25) is 14.4 Å². The van der Waals surface area contributed by atoms with E-state index in [4.69, 9.17) is 53.6 Å². The van der Waals surface area contributed by atoms with Crippen molar-refractivity contribution in [2.45, 2.75) is 45.9 Å². The average molecular weight is 1170 g/mol. The number of phenols is 4. The Morgan fingerprint density at radius 2 is 0.762 bits per heavy atom. The first-order valence-electron chi connectivity index (χ1n) is 25.6. The zero-order chi connectivity index (χ0) is 59.5. The first-order chi connectivity index (χ1) is 40.0. The summed E-state index contributed by atoms with van der Waals surface area (Å²) >= 11 is 15.8. The number of carbonyl (C=O) groups is 7. The van der Waals surface area contributed by atoms with E-state index in [0.29, 0.717) is 11.1 Å². The van der Waals surface area contributed by atoms with E-state index in [-0.39, 0.29) is 68.2 Å². The minimum Gasteiger partial charge on any atom is -0.508 e. The van der Waals surface area contributed by atoms with E-state index in [0.717, 1.165) is 48.5 Å². The molecule has 4 atom stereocenters. The highest BCUT2D eigenvalue weighted by atomic mass is 35.5. The zero-order valence-corrected chi connectivity index (χ0v) is 44.7. The number of hydrogen-bond donors (Lipinski definition) is 8. The number of carbonyl (C=O) groups excluding carboxylic acids is 5. The van der Waals surface area contributed by atoms with Crippen molar-refractivity contribution in [3.8, 4) is 46.0 Å². The molecule has 0 amide bonds. The lowest BCUT2D eigenvalue weighted by Crippen LogP contribution is -2.59. The van der Waals surface area contributed by atoms with Gasteiger partial charge >= 0.3 is 23.9 Å². The van der Waals surface area contributed by atoms with Crippen LogP contribution in [-0.4, -0.2) is 83.9 Å². The number of rotatable bonds is 14. The molecule has 8 aromatic carbocycles. The van der Waals surface area contributed by atoms with Crippen LogP contribution in [0.3, 0.4) is 0 Å². The van der Waals surface area contributed by atoms with Crippen LogP contribution in [0, 0.1) is 0 Å². The minimum absolute atomic E-state index is 0.0402. The zero-order valence-electron chi connectivity index (χ0n) is 43.2. The molecular formula is C63H42Cl2N2O17. The number of halogens is 2. The number of benzene rings is 8. The standard InChI is InChI=1S/C63H42Cl2N2O17/c64-60(53(72)45(66)19-29-7-3-1-4-8-29,41-21-31(55(74)75)23-43-51(41)57(78)83-62(43)37-15-11-33(68)25-47(37)81-48-26-34(69)12-16-38(48)62)59(80)61(65,54(73)46(67)20-30-9-5-2-6-10-30)42-22-32(56(76)77)24-44-52(42)58(79)84-63(44)39-17-13-35(70)27-49(39)82-50-28-36(71)14-18-40(50)63/h1-18,21-28,45-46,68-71H,19-20,66-67H2,(H,74,75)(H,76,77)/t45-,46-,60?,61?/m0/s1. The number of fused-ring (bicyclic) bond motifs is 12. The predicted octanol–water partition coefficient (Wildman–Crippen LogP) is 8.46. The van der Waals surface area contributed by atoms with Crippen LogP contribution in [0.2, 0.25) is 0 Å². The minimum atomic E-state index is -3.68. The van der Waals surface area contributed by atoms with E-state index >= 15 is 24.0 Å². The number of alkyl halides is 2. The average Bonchev–Trinajstić information content (AvgIpc) is 1.52. The van der Waals surface area contributed by atoms with E-state index < -0.39 is 132 Å². The van der Waals surface area contributed by atoms with Crippen LogP contribution in [0.15, 0.2) is 158 Å². The number of carboxylic acids is 2. The number of aromatic hydroxyl groups is 4. The van der Waals surface area contributed by atoms with Gasteiger partial charge in [-0.2, -0.15) is 0 Å². The normalized spacial score (nSPS) is 16.5. The maximum Gasteiger partial charge on any atom is 0.340 e. The fraction of sp³-hybridized carbons (Fsp3) is 0.127. The highest BCUT2D eigenvalue weighted by Gasteiger charge is 2.66. The summed E-state index contributed by atoms with van der Waals surface area (Å²) in [7, 11) is 0. The molecule has 19 nitrogen and oxygen atoms in total. The van der Waals surface area contributed by atoms with Crippen LogP contribution in [0.25, 0.3) is 0 Å². The summed E-state index contributed by atoms with van der Waals surface area (Å²) in [6.45, 7) is 0. The Kier molecular flexibility index (Phi) is 12.7. The van der Waals surface area contributed by atoms with E-state index in [2.05, 4.69) is 0 Å². The van der Waals surface area contributed by atoms with Gasteiger partial charge in [0.15, 0.2) is 38.3 Å². The summed E-state index contributed by atoms with van der Waals surface area (Å²) in [5.41, 5.74) is 4.00. The summed E-state index contributed by atoms with van der Waals surface area (Å²) in [6, 6.07) is 30.4. The maximum absolute atomic E-state index is 17.2. The van der Waals surface area contributed by atoms with Crippen molar-refractivity contribution in [3.05, 3.63) is 236 Å². The number of hydrogen-bond acceptors (Lipinski definition) is 17. The second kappa shape index (κ2) is 19.6. The molecule has 21 heteroatoms. The van der Waals surface area contributed by atoms with Crippen molar-refractivity contribution < 1.29 is 83.1 Å². The molecule has 0 aromatic heterocycles. The van der Waals surface area contributed by atoms with Crippen molar-refractivity contribution in [1.82, 2.24) is 0 Å². The molecular weight excluding hydrogens is 1130 g/mol. The van der Waals surface area contributed by atoms with Gasteiger partial charge in [-0.05, 0) is 96.8 Å². The Labute approximate surface area is 484 Å². The molecule has 2 spiro atoms.